The molecule has 2 nitrogen and oxygen atoms in total. The third-order valence-electron chi connectivity index (χ3n) is 3.03. The van der Waals surface area contributed by atoms with E-state index in [9.17, 15) is 4.79 Å². The smallest absolute Gasteiger partial charge is 0.173 e. The van der Waals surface area contributed by atoms with Crippen LogP contribution < -0.4 is 5.73 Å². The first-order chi connectivity index (χ1) is 8.68. The molecule has 0 fully saturated rings. The van der Waals surface area contributed by atoms with Gasteiger partial charge in [0, 0.05) is 12.5 Å². The van der Waals surface area contributed by atoms with Gasteiger partial charge in [-0.1, -0.05) is 30.3 Å². The van der Waals surface area contributed by atoms with E-state index in [1.54, 1.807) is 0 Å². The van der Waals surface area contributed by atoms with E-state index in [0.717, 1.165) is 16.0 Å². The van der Waals surface area contributed by atoms with Gasteiger partial charge in [-0.25, -0.2) is 0 Å². The van der Waals surface area contributed by atoms with Crippen LogP contribution in [0, 0.1) is 6.92 Å². The first-order valence-corrected chi connectivity index (χ1v) is 6.94. The number of hydrogen-bond acceptors (Lipinski definition) is 3. The van der Waals surface area contributed by atoms with Crippen LogP contribution in [0.15, 0.2) is 41.8 Å². The van der Waals surface area contributed by atoms with E-state index >= 15 is 0 Å². The summed E-state index contributed by atoms with van der Waals surface area (Å²) in [6.45, 7) is 1.97. The van der Waals surface area contributed by atoms with E-state index in [-0.39, 0.29) is 11.8 Å². The van der Waals surface area contributed by atoms with Crippen LogP contribution in [0.2, 0.25) is 0 Å². The average molecular weight is 259 g/mol. The van der Waals surface area contributed by atoms with Gasteiger partial charge >= 0.3 is 0 Å². The summed E-state index contributed by atoms with van der Waals surface area (Å²) in [5, 5.41) is 1.96. The Balaban J connectivity index is 1.93. The number of aryl methyl sites for hydroxylation is 1. The van der Waals surface area contributed by atoms with E-state index in [1.165, 1.54) is 11.3 Å². The third kappa shape index (κ3) is 3.06. The third-order valence-corrected chi connectivity index (χ3v) is 4.08. The first-order valence-electron chi connectivity index (χ1n) is 6.06. The summed E-state index contributed by atoms with van der Waals surface area (Å²) in [4.78, 5) is 12.9. The second kappa shape index (κ2) is 5.94. The largest absolute Gasteiger partial charge is 0.324 e. The first kappa shape index (κ1) is 13.0. The zero-order chi connectivity index (χ0) is 13.0. The quantitative estimate of drug-likeness (QED) is 0.832. The summed E-state index contributed by atoms with van der Waals surface area (Å²) in [5.41, 5.74) is 8.24. The Morgan fingerprint density at radius 1 is 1.28 bits per heavy atom. The summed E-state index contributed by atoms with van der Waals surface area (Å²) in [6.07, 6.45) is 1.21. The van der Waals surface area contributed by atoms with E-state index in [1.807, 2.05) is 48.7 Å². The molecule has 18 heavy (non-hydrogen) atoms. The van der Waals surface area contributed by atoms with Gasteiger partial charge in [-0.15, -0.1) is 11.3 Å². The second-order valence-corrected chi connectivity index (χ2v) is 5.33. The maximum atomic E-state index is 12.0. The van der Waals surface area contributed by atoms with Gasteiger partial charge in [-0.3, -0.25) is 4.79 Å². The molecule has 0 aliphatic carbocycles. The fraction of sp³-hybridized carbons (Fsp3) is 0.267. The Kier molecular flexibility index (Phi) is 4.28. The minimum Gasteiger partial charge on any atom is -0.324 e. The molecule has 1 aromatic carbocycles. The molecule has 3 heteroatoms. The van der Waals surface area contributed by atoms with Crippen molar-refractivity contribution in [2.45, 2.75) is 25.8 Å². The van der Waals surface area contributed by atoms with Gasteiger partial charge < -0.3 is 5.73 Å². The Morgan fingerprint density at radius 2 is 2.00 bits per heavy atom. The molecule has 1 aromatic heterocycles. The lowest BCUT2D eigenvalue weighted by atomic mass is 10.0. The van der Waals surface area contributed by atoms with Gasteiger partial charge in [-0.2, -0.15) is 0 Å². The molecule has 2 N–H and O–H groups in total. The van der Waals surface area contributed by atoms with Crippen LogP contribution in [0.4, 0.5) is 0 Å². The predicted molar refractivity (Wildman–Crippen MR) is 76.0 cm³/mol. The standard InChI is InChI=1S/C15H17NOS/c1-11-9-10-18-15(11)14(17)8-7-13(16)12-5-3-2-4-6-12/h2-6,9-10,13H,7-8,16H2,1H3. The van der Waals surface area contributed by atoms with Crippen molar-refractivity contribution in [1.82, 2.24) is 0 Å². The molecule has 0 amide bonds. The van der Waals surface area contributed by atoms with E-state index in [4.69, 9.17) is 5.73 Å². The number of rotatable bonds is 5. The van der Waals surface area contributed by atoms with E-state index in [0.29, 0.717) is 12.8 Å². The highest BCUT2D eigenvalue weighted by molar-refractivity contribution is 7.12. The molecule has 2 aromatic rings. The van der Waals surface area contributed by atoms with Gasteiger partial charge in [0.2, 0.25) is 0 Å². The maximum absolute atomic E-state index is 12.0. The molecular weight excluding hydrogens is 242 g/mol. The number of carbonyl (C=O) groups is 1. The summed E-state index contributed by atoms with van der Waals surface area (Å²) >= 11 is 1.51. The number of hydrogen-bond donors (Lipinski definition) is 1. The normalized spacial score (nSPS) is 12.3. The number of nitrogens with two attached hydrogens (primary N) is 1. The van der Waals surface area contributed by atoms with Gasteiger partial charge in [-0.05, 0) is 35.9 Å². The van der Waals surface area contributed by atoms with Crippen molar-refractivity contribution < 1.29 is 4.79 Å². The van der Waals surface area contributed by atoms with Gasteiger partial charge in [0.05, 0.1) is 4.88 Å². The van der Waals surface area contributed by atoms with Crippen molar-refractivity contribution in [2.24, 2.45) is 5.73 Å². The fourth-order valence-electron chi connectivity index (χ4n) is 1.93. The summed E-state index contributed by atoms with van der Waals surface area (Å²) in [7, 11) is 0. The molecule has 1 atom stereocenters. The number of carbonyl (C=O) groups excluding carboxylic acids is 1. The lowest BCUT2D eigenvalue weighted by Crippen LogP contribution is -2.12. The zero-order valence-electron chi connectivity index (χ0n) is 10.4. The molecular formula is C15H17NOS. The molecule has 0 saturated carbocycles. The molecule has 0 bridgehead atoms. The highest BCUT2D eigenvalue weighted by atomic mass is 32.1. The lowest BCUT2D eigenvalue weighted by Gasteiger charge is -2.11. The van der Waals surface area contributed by atoms with E-state index < -0.39 is 0 Å². The highest BCUT2D eigenvalue weighted by Crippen LogP contribution is 2.21. The zero-order valence-corrected chi connectivity index (χ0v) is 11.2. The van der Waals surface area contributed by atoms with Crippen LogP contribution in [0.1, 0.15) is 39.7 Å². The number of ketones is 1. The number of benzene rings is 1. The molecule has 1 unspecified atom stereocenters. The molecule has 0 aliphatic rings. The van der Waals surface area contributed by atoms with Crippen molar-refractivity contribution in [3.05, 3.63) is 57.8 Å². The van der Waals surface area contributed by atoms with Crippen LogP contribution in [-0.2, 0) is 0 Å². The lowest BCUT2D eigenvalue weighted by molar-refractivity contribution is 0.0981. The van der Waals surface area contributed by atoms with Crippen molar-refractivity contribution in [3.8, 4) is 0 Å². The second-order valence-electron chi connectivity index (χ2n) is 4.41. The molecule has 0 saturated heterocycles. The van der Waals surface area contributed by atoms with E-state index in [2.05, 4.69) is 0 Å². The molecule has 0 spiro atoms. The highest BCUT2D eigenvalue weighted by Gasteiger charge is 2.13. The number of thiophene rings is 1. The van der Waals surface area contributed by atoms with Crippen LogP contribution in [0.25, 0.3) is 0 Å². The van der Waals surface area contributed by atoms with Crippen molar-refractivity contribution in [3.63, 3.8) is 0 Å². The monoisotopic (exact) mass is 259 g/mol. The minimum absolute atomic E-state index is 0.0598. The minimum atomic E-state index is -0.0598. The van der Waals surface area contributed by atoms with Gasteiger partial charge in [0.15, 0.2) is 5.78 Å². The Bertz CT molecular complexity index is 518. The maximum Gasteiger partial charge on any atom is 0.173 e. The summed E-state index contributed by atoms with van der Waals surface area (Å²) < 4.78 is 0. The van der Waals surface area contributed by atoms with Crippen molar-refractivity contribution >= 4 is 17.1 Å². The molecule has 1 heterocycles. The van der Waals surface area contributed by atoms with Crippen LogP contribution >= 0.6 is 11.3 Å². The van der Waals surface area contributed by atoms with Gasteiger partial charge in [0.25, 0.3) is 0 Å². The molecule has 2 rings (SSSR count). The topological polar surface area (TPSA) is 43.1 Å². The summed E-state index contributed by atoms with van der Waals surface area (Å²) in [6, 6.07) is 11.8. The van der Waals surface area contributed by atoms with Gasteiger partial charge in [0.1, 0.15) is 0 Å². The Hall–Kier alpha value is -1.45. The number of Topliss-reactive ketones (excluding diaryl/α,β-unsaturated/α-hetero) is 1. The van der Waals surface area contributed by atoms with Crippen LogP contribution in [-0.4, -0.2) is 5.78 Å². The summed E-state index contributed by atoms with van der Waals surface area (Å²) in [5.74, 6) is 0.203. The Morgan fingerprint density at radius 3 is 2.61 bits per heavy atom. The SMILES string of the molecule is Cc1ccsc1C(=O)CCC(N)c1ccccc1. The molecule has 94 valence electrons. The fourth-order valence-corrected chi connectivity index (χ4v) is 2.82. The van der Waals surface area contributed by atoms with Crippen molar-refractivity contribution in [2.75, 3.05) is 0 Å². The predicted octanol–water partition coefficient (Wildman–Crippen LogP) is 3.72. The molecule has 0 radical (unpaired) electrons. The van der Waals surface area contributed by atoms with Crippen molar-refractivity contribution in [1.29, 1.82) is 0 Å². The van der Waals surface area contributed by atoms with Crippen LogP contribution in [0.5, 0.6) is 0 Å². The molecule has 0 aliphatic heterocycles. The average Bonchev–Trinajstić information content (AvgIpc) is 2.83. The van der Waals surface area contributed by atoms with Crippen LogP contribution in [0.3, 0.4) is 0 Å². The Labute approximate surface area is 111 Å².